The summed E-state index contributed by atoms with van der Waals surface area (Å²) in [6.45, 7) is 6.15. The molecular formula is C28H35FN4O3. The van der Waals surface area contributed by atoms with Crippen molar-refractivity contribution in [3.63, 3.8) is 0 Å². The Balaban J connectivity index is 1.15. The Labute approximate surface area is 211 Å². The summed E-state index contributed by atoms with van der Waals surface area (Å²) in [5.41, 5.74) is 6.44. The number of piperidine rings is 2. The third kappa shape index (κ3) is 4.03. The minimum atomic E-state index is -1.43. The van der Waals surface area contributed by atoms with Crippen LogP contribution in [-0.4, -0.2) is 75.0 Å². The molecule has 2 saturated heterocycles. The molecule has 7 nitrogen and oxygen atoms in total. The Bertz CT molecular complexity index is 1200. The van der Waals surface area contributed by atoms with E-state index in [1.807, 2.05) is 4.90 Å². The maximum Gasteiger partial charge on any atom is 0.274 e. The highest BCUT2D eigenvalue weighted by Crippen LogP contribution is 2.57. The van der Waals surface area contributed by atoms with Gasteiger partial charge in [0, 0.05) is 30.9 Å². The molecule has 1 aromatic carbocycles. The Morgan fingerprint density at radius 3 is 2.61 bits per heavy atom. The van der Waals surface area contributed by atoms with Crippen molar-refractivity contribution >= 4 is 11.8 Å². The van der Waals surface area contributed by atoms with Gasteiger partial charge in [-0.15, -0.1) is 0 Å². The SMILES string of the molecule is Cc1cccc(C2CCN(C(=O)Cn3nc(C(=O)N4CC[C@H](O)[C@H](F)C4)c4c3CC3C[C@H]43)CC2)c1C. The molecule has 3 heterocycles. The number of nitrogens with zero attached hydrogens (tertiary/aromatic N) is 4. The van der Waals surface area contributed by atoms with Crippen LogP contribution in [0.4, 0.5) is 4.39 Å². The molecule has 1 aromatic heterocycles. The number of aliphatic hydroxyl groups is 1. The third-order valence-corrected chi connectivity index (χ3v) is 9.06. The molecule has 0 spiro atoms. The summed E-state index contributed by atoms with van der Waals surface area (Å²) in [5, 5.41) is 14.4. The summed E-state index contributed by atoms with van der Waals surface area (Å²) >= 11 is 0. The van der Waals surface area contributed by atoms with Crippen LogP contribution in [0.25, 0.3) is 0 Å². The number of amides is 2. The summed E-state index contributed by atoms with van der Waals surface area (Å²) < 4.78 is 15.9. The van der Waals surface area contributed by atoms with Gasteiger partial charge in [0.1, 0.15) is 12.7 Å². The molecule has 4 aliphatic rings. The zero-order valence-corrected chi connectivity index (χ0v) is 21.1. The average molecular weight is 495 g/mol. The van der Waals surface area contributed by atoms with Gasteiger partial charge in [-0.3, -0.25) is 14.3 Å². The molecule has 0 radical (unpaired) electrons. The second-order valence-corrected chi connectivity index (χ2v) is 11.2. The van der Waals surface area contributed by atoms with Gasteiger partial charge in [0.15, 0.2) is 5.69 Å². The number of likely N-dealkylation sites (tertiary alicyclic amines) is 2. The van der Waals surface area contributed by atoms with Gasteiger partial charge in [0.25, 0.3) is 5.91 Å². The zero-order chi connectivity index (χ0) is 25.1. The van der Waals surface area contributed by atoms with Crippen LogP contribution in [0.1, 0.15) is 76.0 Å². The van der Waals surface area contributed by atoms with E-state index in [1.54, 1.807) is 4.68 Å². The molecule has 6 rings (SSSR count). The van der Waals surface area contributed by atoms with Gasteiger partial charge < -0.3 is 14.9 Å². The Hall–Kier alpha value is -2.74. The molecule has 4 atom stereocenters. The van der Waals surface area contributed by atoms with Gasteiger partial charge in [0.2, 0.25) is 5.91 Å². The molecule has 2 aliphatic carbocycles. The predicted octanol–water partition coefficient (Wildman–Crippen LogP) is 3.11. The number of benzene rings is 1. The monoisotopic (exact) mass is 494 g/mol. The van der Waals surface area contributed by atoms with Gasteiger partial charge in [-0.25, -0.2) is 4.39 Å². The number of aromatic nitrogens is 2. The van der Waals surface area contributed by atoms with Crippen molar-refractivity contribution in [1.82, 2.24) is 19.6 Å². The number of hydrogen-bond donors (Lipinski definition) is 1. The van der Waals surface area contributed by atoms with Gasteiger partial charge in [-0.1, -0.05) is 18.2 Å². The molecule has 3 fully saturated rings. The van der Waals surface area contributed by atoms with E-state index >= 15 is 0 Å². The minimum absolute atomic E-state index is 0.0456. The summed E-state index contributed by atoms with van der Waals surface area (Å²) in [4.78, 5) is 30.0. The number of fused-ring (bicyclic) bond motifs is 3. The summed E-state index contributed by atoms with van der Waals surface area (Å²) in [7, 11) is 0. The van der Waals surface area contributed by atoms with E-state index in [0.29, 0.717) is 30.0 Å². The number of carbonyl (C=O) groups excluding carboxylic acids is 2. The first-order chi connectivity index (χ1) is 17.3. The number of aliphatic hydroxyl groups excluding tert-OH is 1. The van der Waals surface area contributed by atoms with Crippen LogP contribution in [0.3, 0.4) is 0 Å². The average Bonchev–Trinajstić information content (AvgIpc) is 3.40. The summed E-state index contributed by atoms with van der Waals surface area (Å²) in [5.74, 6) is 1.13. The highest BCUT2D eigenvalue weighted by molar-refractivity contribution is 5.95. The molecule has 2 aliphatic heterocycles. The quantitative estimate of drug-likeness (QED) is 0.709. The summed E-state index contributed by atoms with van der Waals surface area (Å²) in [6.07, 6.45) is 1.61. The smallest absolute Gasteiger partial charge is 0.274 e. The molecule has 1 unspecified atom stereocenters. The number of alkyl halides is 1. The van der Waals surface area contributed by atoms with E-state index in [2.05, 4.69) is 37.1 Å². The number of halogens is 1. The van der Waals surface area contributed by atoms with Crippen LogP contribution in [0.5, 0.6) is 0 Å². The number of rotatable bonds is 4. The van der Waals surface area contributed by atoms with Crippen LogP contribution < -0.4 is 0 Å². The Kier molecular flexibility index (Phi) is 5.90. The highest BCUT2D eigenvalue weighted by Gasteiger charge is 2.51. The largest absolute Gasteiger partial charge is 0.390 e. The van der Waals surface area contributed by atoms with Crippen molar-refractivity contribution in [1.29, 1.82) is 0 Å². The van der Waals surface area contributed by atoms with Gasteiger partial charge in [-0.05, 0) is 80.4 Å². The van der Waals surface area contributed by atoms with Crippen molar-refractivity contribution in [3.05, 3.63) is 51.8 Å². The normalized spacial score (nSPS) is 27.7. The lowest BCUT2D eigenvalue weighted by atomic mass is 9.85. The van der Waals surface area contributed by atoms with Gasteiger partial charge in [0.05, 0.1) is 12.6 Å². The van der Waals surface area contributed by atoms with Crippen molar-refractivity contribution in [2.45, 2.75) is 76.6 Å². The third-order valence-electron chi connectivity index (χ3n) is 9.06. The van der Waals surface area contributed by atoms with E-state index in [-0.39, 0.29) is 31.3 Å². The minimum Gasteiger partial charge on any atom is -0.390 e. The maximum absolute atomic E-state index is 14.1. The second kappa shape index (κ2) is 8.98. The Morgan fingerprint density at radius 2 is 1.86 bits per heavy atom. The first kappa shape index (κ1) is 23.6. The fraction of sp³-hybridized carbons (Fsp3) is 0.607. The molecule has 2 amide bonds. The molecule has 1 N–H and O–H groups in total. The highest BCUT2D eigenvalue weighted by atomic mass is 19.1. The van der Waals surface area contributed by atoms with E-state index in [4.69, 9.17) is 0 Å². The second-order valence-electron chi connectivity index (χ2n) is 11.2. The summed E-state index contributed by atoms with van der Waals surface area (Å²) in [6, 6.07) is 6.49. The lowest BCUT2D eigenvalue weighted by molar-refractivity contribution is -0.133. The van der Waals surface area contributed by atoms with Crippen LogP contribution in [-0.2, 0) is 17.8 Å². The topological polar surface area (TPSA) is 78.7 Å². The van der Waals surface area contributed by atoms with Crippen molar-refractivity contribution < 1.29 is 19.1 Å². The molecule has 192 valence electrons. The van der Waals surface area contributed by atoms with E-state index in [0.717, 1.165) is 50.0 Å². The molecule has 1 saturated carbocycles. The Morgan fingerprint density at radius 1 is 1.11 bits per heavy atom. The fourth-order valence-corrected chi connectivity index (χ4v) is 6.59. The van der Waals surface area contributed by atoms with Crippen molar-refractivity contribution in [2.75, 3.05) is 26.2 Å². The van der Waals surface area contributed by atoms with Crippen molar-refractivity contribution in [3.8, 4) is 0 Å². The van der Waals surface area contributed by atoms with Gasteiger partial charge >= 0.3 is 0 Å². The predicted molar refractivity (Wildman–Crippen MR) is 133 cm³/mol. The molecular weight excluding hydrogens is 459 g/mol. The number of hydrogen-bond acceptors (Lipinski definition) is 4. The number of aryl methyl sites for hydroxylation is 1. The van der Waals surface area contributed by atoms with Crippen LogP contribution >= 0.6 is 0 Å². The van der Waals surface area contributed by atoms with Crippen LogP contribution in [0, 0.1) is 19.8 Å². The molecule has 36 heavy (non-hydrogen) atoms. The fourth-order valence-electron chi connectivity index (χ4n) is 6.59. The van der Waals surface area contributed by atoms with E-state index in [9.17, 15) is 19.1 Å². The lowest BCUT2D eigenvalue weighted by Gasteiger charge is -2.33. The van der Waals surface area contributed by atoms with Crippen LogP contribution in [0.2, 0.25) is 0 Å². The standard InChI is InChI=1S/C28H35FN4O3/c1-16-4-3-5-20(17(16)2)18-6-9-31(10-7-18)25(35)15-33-23-13-19-12-21(19)26(23)27(30-33)28(36)32-11-8-24(34)22(29)14-32/h3-5,18-19,21-22,24,34H,6-15H2,1-2H3/t19?,21-,22+,24-/m0/s1. The molecule has 0 bridgehead atoms. The van der Waals surface area contributed by atoms with Crippen LogP contribution in [0.15, 0.2) is 18.2 Å². The first-order valence-electron chi connectivity index (χ1n) is 13.4. The molecule has 8 heteroatoms. The van der Waals surface area contributed by atoms with E-state index in [1.165, 1.54) is 21.6 Å². The van der Waals surface area contributed by atoms with E-state index < -0.39 is 12.3 Å². The zero-order valence-electron chi connectivity index (χ0n) is 21.1. The maximum atomic E-state index is 14.1. The lowest BCUT2D eigenvalue weighted by Crippen LogP contribution is -2.47. The molecule has 2 aromatic rings. The van der Waals surface area contributed by atoms with Crippen molar-refractivity contribution in [2.24, 2.45) is 5.92 Å². The van der Waals surface area contributed by atoms with Gasteiger partial charge in [-0.2, -0.15) is 5.10 Å². The number of carbonyl (C=O) groups is 2. The first-order valence-corrected chi connectivity index (χ1v) is 13.4.